The van der Waals surface area contributed by atoms with Crippen molar-refractivity contribution in [2.45, 2.75) is 10.8 Å². The summed E-state index contributed by atoms with van der Waals surface area (Å²) in [5.74, 6) is 1.44. The highest BCUT2D eigenvalue weighted by molar-refractivity contribution is 8.93. The van der Waals surface area contributed by atoms with Gasteiger partial charge in [0.05, 0.1) is 6.54 Å². The summed E-state index contributed by atoms with van der Waals surface area (Å²) in [6.45, 7) is 1.87. The van der Waals surface area contributed by atoms with E-state index < -0.39 is 4.33 Å². The molecule has 0 aromatic heterocycles. The largest absolute Gasteiger partial charge is 0.363 e. The molecule has 0 aromatic carbocycles. The summed E-state index contributed by atoms with van der Waals surface area (Å²) in [6.07, 6.45) is 0.927. The Morgan fingerprint density at radius 1 is 1.62 bits per heavy atom. The van der Waals surface area contributed by atoms with E-state index in [4.69, 9.17) is 23.2 Å². The van der Waals surface area contributed by atoms with E-state index in [1.165, 1.54) is 0 Å². The van der Waals surface area contributed by atoms with E-state index in [-0.39, 0.29) is 17.0 Å². The minimum absolute atomic E-state index is 0. The average Bonchev–Trinajstić information content (AvgIpc) is 2.54. The monoisotopic (exact) mass is 304 g/mol. The van der Waals surface area contributed by atoms with Gasteiger partial charge in [-0.3, -0.25) is 4.99 Å². The van der Waals surface area contributed by atoms with Crippen LogP contribution in [0.1, 0.15) is 6.42 Å². The number of alkyl halides is 2. The molecule has 2 nitrogen and oxygen atoms in total. The second kappa shape index (κ2) is 4.60. The van der Waals surface area contributed by atoms with Crippen molar-refractivity contribution >= 4 is 57.1 Å². The fraction of sp³-hybridized carbons (Fsp3) is 0.857. The van der Waals surface area contributed by atoms with Gasteiger partial charge in [-0.25, -0.2) is 0 Å². The van der Waals surface area contributed by atoms with Gasteiger partial charge in [-0.15, -0.1) is 40.2 Å². The first-order valence-corrected chi connectivity index (χ1v) is 5.71. The van der Waals surface area contributed by atoms with Crippen LogP contribution in [0.2, 0.25) is 0 Å². The first kappa shape index (κ1) is 12.0. The van der Waals surface area contributed by atoms with Crippen molar-refractivity contribution in [1.29, 1.82) is 0 Å². The lowest BCUT2D eigenvalue weighted by molar-refractivity contribution is 0.962. The molecule has 76 valence electrons. The highest BCUT2D eigenvalue weighted by Crippen LogP contribution is 2.54. The minimum atomic E-state index is -0.438. The fourth-order valence-corrected chi connectivity index (χ4v) is 2.96. The first-order chi connectivity index (χ1) is 5.68. The molecule has 1 atom stereocenters. The van der Waals surface area contributed by atoms with Crippen LogP contribution in [0, 0.1) is 5.92 Å². The molecule has 1 aliphatic carbocycles. The Balaban J connectivity index is 0.000000845. The SMILES string of the molecule is Br.ClC1(Cl)CC1CSC1=NCCN1. The Hall–Kier alpha value is 0.880. The second-order valence-electron chi connectivity index (χ2n) is 3.09. The fourth-order valence-electron chi connectivity index (χ4n) is 1.10. The zero-order valence-electron chi connectivity index (χ0n) is 6.93. The molecule has 1 unspecified atom stereocenters. The van der Waals surface area contributed by atoms with Gasteiger partial charge in [0, 0.05) is 18.2 Å². The Kier molecular flexibility index (Phi) is 4.23. The number of nitrogens with one attached hydrogen (secondary N) is 1. The molecule has 2 aliphatic rings. The van der Waals surface area contributed by atoms with Crippen LogP contribution >= 0.6 is 51.9 Å². The standard InChI is InChI=1S/C7H10Cl2N2S.BrH/c8-7(9)3-5(7)4-12-6-10-1-2-11-6;/h5H,1-4H2,(H,10,11);1H. The predicted molar refractivity (Wildman–Crippen MR) is 65.6 cm³/mol. The summed E-state index contributed by atoms with van der Waals surface area (Å²) < 4.78 is -0.438. The van der Waals surface area contributed by atoms with Crippen LogP contribution in [0.4, 0.5) is 0 Å². The maximum atomic E-state index is 5.88. The molecule has 13 heavy (non-hydrogen) atoms. The molecule has 0 spiro atoms. The second-order valence-corrected chi connectivity index (χ2v) is 5.64. The maximum absolute atomic E-state index is 5.88. The average molecular weight is 306 g/mol. The molecular weight excluding hydrogens is 295 g/mol. The molecule has 1 saturated carbocycles. The van der Waals surface area contributed by atoms with Crippen LogP contribution in [0.3, 0.4) is 0 Å². The van der Waals surface area contributed by atoms with Gasteiger partial charge in [-0.2, -0.15) is 0 Å². The van der Waals surface area contributed by atoms with Gasteiger partial charge in [0.25, 0.3) is 0 Å². The Morgan fingerprint density at radius 2 is 2.31 bits per heavy atom. The summed E-state index contributed by atoms with van der Waals surface area (Å²) in [5, 5.41) is 4.24. The molecule has 1 N–H and O–H groups in total. The van der Waals surface area contributed by atoms with Crippen molar-refractivity contribution < 1.29 is 0 Å². The molecule has 0 amide bonds. The zero-order chi connectivity index (χ0) is 8.60. The highest BCUT2D eigenvalue weighted by Gasteiger charge is 2.51. The molecule has 2 rings (SSSR count). The molecule has 0 aromatic rings. The maximum Gasteiger partial charge on any atom is 0.156 e. The third-order valence-corrected chi connectivity index (χ3v) is 4.06. The lowest BCUT2D eigenvalue weighted by Gasteiger charge is -2.00. The lowest BCUT2D eigenvalue weighted by Crippen LogP contribution is -2.15. The van der Waals surface area contributed by atoms with Gasteiger partial charge < -0.3 is 5.32 Å². The van der Waals surface area contributed by atoms with Gasteiger partial charge in [-0.05, 0) is 6.42 Å². The van der Waals surface area contributed by atoms with E-state index in [1.54, 1.807) is 11.8 Å². The first-order valence-electron chi connectivity index (χ1n) is 3.97. The van der Waals surface area contributed by atoms with Crippen LogP contribution in [-0.4, -0.2) is 28.3 Å². The van der Waals surface area contributed by atoms with Crippen molar-refractivity contribution in [3.63, 3.8) is 0 Å². The number of halogens is 3. The third-order valence-electron chi connectivity index (χ3n) is 2.02. The van der Waals surface area contributed by atoms with Gasteiger partial charge in [0.15, 0.2) is 5.17 Å². The molecule has 1 heterocycles. The number of hydrogen-bond donors (Lipinski definition) is 1. The summed E-state index contributed by atoms with van der Waals surface area (Å²) in [6, 6.07) is 0. The Bertz CT molecular complexity index is 223. The number of thioether (sulfide) groups is 1. The Labute approximate surface area is 103 Å². The van der Waals surface area contributed by atoms with Crippen molar-refractivity contribution in [3.05, 3.63) is 0 Å². The molecule has 0 bridgehead atoms. The smallest absolute Gasteiger partial charge is 0.156 e. The summed E-state index contributed by atoms with van der Waals surface area (Å²) in [7, 11) is 0. The number of nitrogens with zero attached hydrogens (tertiary/aromatic N) is 1. The van der Waals surface area contributed by atoms with Crippen LogP contribution in [-0.2, 0) is 0 Å². The zero-order valence-corrected chi connectivity index (χ0v) is 11.0. The van der Waals surface area contributed by atoms with E-state index in [2.05, 4.69) is 10.3 Å². The molecule has 6 heteroatoms. The molecule has 1 fully saturated rings. The van der Waals surface area contributed by atoms with E-state index in [0.29, 0.717) is 5.92 Å². The van der Waals surface area contributed by atoms with E-state index in [0.717, 1.165) is 30.4 Å². The van der Waals surface area contributed by atoms with Gasteiger partial charge >= 0.3 is 0 Å². The van der Waals surface area contributed by atoms with Crippen LogP contribution in [0.25, 0.3) is 0 Å². The van der Waals surface area contributed by atoms with Crippen LogP contribution in [0.5, 0.6) is 0 Å². The predicted octanol–water partition coefficient (Wildman–Crippen LogP) is 2.45. The van der Waals surface area contributed by atoms with Crippen molar-refractivity contribution in [2.75, 3.05) is 18.8 Å². The molecule has 0 saturated heterocycles. The number of rotatable bonds is 2. The number of amidine groups is 1. The molecule has 0 radical (unpaired) electrons. The van der Waals surface area contributed by atoms with Crippen molar-refractivity contribution in [2.24, 2.45) is 10.9 Å². The van der Waals surface area contributed by atoms with Crippen LogP contribution < -0.4 is 5.32 Å². The van der Waals surface area contributed by atoms with Crippen molar-refractivity contribution in [1.82, 2.24) is 5.32 Å². The summed E-state index contributed by atoms with van der Waals surface area (Å²) >= 11 is 13.5. The van der Waals surface area contributed by atoms with Crippen LogP contribution in [0.15, 0.2) is 4.99 Å². The summed E-state index contributed by atoms with van der Waals surface area (Å²) in [4.78, 5) is 4.27. The minimum Gasteiger partial charge on any atom is -0.363 e. The molecule has 1 aliphatic heterocycles. The number of aliphatic imine (C=N–C) groups is 1. The van der Waals surface area contributed by atoms with E-state index in [1.807, 2.05) is 0 Å². The van der Waals surface area contributed by atoms with Gasteiger partial charge in [-0.1, -0.05) is 11.8 Å². The topological polar surface area (TPSA) is 24.4 Å². The van der Waals surface area contributed by atoms with Crippen molar-refractivity contribution in [3.8, 4) is 0 Å². The highest BCUT2D eigenvalue weighted by atomic mass is 79.9. The quantitative estimate of drug-likeness (QED) is 0.793. The molecular formula is C7H11BrCl2N2S. The van der Waals surface area contributed by atoms with Gasteiger partial charge in [0.1, 0.15) is 4.33 Å². The normalized spacial score (nSPS) is 28.8. The third kappa shape index (κ3) is 3.18. The van der Waals surface area contributed by atoms with E-state index in [9.17, 15) is 0 Å². The van der Waals surface area contributed by atoms with Gasteiger partial charge in [0.2, 0.25) is 0 Å². The number of hydrogen-bond acceptors (Lipinski definition) is 3. The summed E-state index contributed by atoms with van der Waals surface area (Å²) in [5.41, 5.74) is 0. The lowest BCUT2D eigenvalue weighted by atomic mass is 10.5. The van der Waals surface area contributed by atoms with E-state index >= 15 is 0 Å². The Morgan fingerprint density at radius 3 is 2.77 bits per heavy atom.